The van der Waals surface area contributed by atoms with Crippen LogP contribution >= 0.6 is 11.3 Å². The highest BCUT2D eigenvalue weighted by Crippen LogP contribution is 2.25. The number of benzene rings is 2. The molecule has 4 rings (SSSR count). The number of hydrogen-bond acceptors (Lipinski definition) is 5. The van der Waals surface area contributed by atoms with Crippen molar-refractivity contribution in [2.75, 3.05) is 26.2 Å². The topological polar surface area (TPSA) is 79.7 Å². The van der Waals surface area contributed by atoms with Crippen LogP contribution in [0.3, 0.4) is 0 Å². The zero-order valence-electron chi connectivity index (χ0n) is 17.0. The fraction of sp³-hybridized carbons (Fsp3) is 0.333. The highest BCUT2D eigenvalue weighted by atomic mass is 32.2. The Morgan fingerprint density at radius 3 is 2.39 bits per heavy atom. The van der Waals surface area contributed by atoms with E-state index >= 15 is 0 Å². The average molecular weight is 464 g/mol. The molecular formula is C21H22FN3O4S2. The lowest BCUT2D eigenvalue weighted by molar-refractivity contribution is 0.0698. The van der Waals surface area contributed by atoms with E-state index in [4.69, 9.17) is 0 Å². The molecule has 2 heterocycles. The van der Waals surface area contributed by atoms with Gasteiger partial charge in [-0.3, -0.25) is 14.2 Å². The fourth-order valence-corrected chi connectivity index (χ4v) is 6.18. The Balaban J connectivity index is 1.50. The molecule has 0 aliphatic carbocycles. The third-order valence-electron chi connectivity index (χ3n) is 5.34. The van der Waals surface area contributed by atoms with Crippen molar-refractivity contribution in [3.05, 3.63) is 63.5 Å². The Morgan fingerprint density at radius 2 is 1.74 bits per heavy atom. The van der Waals surface area contributed by atoms with E-state index in [1.807, 2.05) is 6.92 Å². The highest BCUT2D eigenvalue weighted by molar-refractivity contribution is 7.89. The van der Waals surface area contributed by atoms with Crippen LogP contribution in [0.5, 0.6) is 0 Å². The zero-order valence-corrected chi connectivity index (χ0v) is 18.6. The van der Waals surface area contributed by atoms with Gasteiger partial charge in [0.05, 0.1) is 15.1 Å². The summed E-state index contributed by atoms with van der Waals surface area (Å²) in [6.45, 7) is 3.40. The average Bonchev–Trinajstić information content (AvgIpc) is 3.08. The number of halogens is 1. The van der Waals surface area contributed by atoms with Crippen molar-refractivity contribution < 1.29 is 17.6 Å². The number of rotatable bonds is 5. The second-order valence-corrected chi connectivity index (χ2v) is 10.3. The first-order chi connectivity index (χ1) is 14.8. The first kappa shape index (κ1) is 21.7. The normalized spacial score (nSPS) is 15.5. The lowest BCUT2D eigenvalue weighted by atomic mass is 10.2. The third-order valence-corrected chi connectivity index (χ3v) is 8.18. The minimum absolute atomic E-state index is 0.0979. The van der Waals surface area contributed by atoms with Crippen LogP contribution in [0.4, 0.5) is 4.39 Å². The summed E-state index contributed by atoms with van der Waals surface area (Å²) in [5, 5.41) is 0. The van der Waals surface area contributed by atoms with E-state index < -0.39 is 15.8 Å². The Morgan fingerprint density at radius 1 is 1.06 bits per heavy atom. The van der Waals surface area contributed by atoms with Gasteiger partial charge in [-0.05, 0) is 48.9 Å². The summed E-state index contributed by atoms with van der Waals surface area (Å²) in [5.41, 5.74) is 1.11. The Bertz CT molecular complexity index is 1270. The molecule has 1 aliphatic heterocycles. The monoisotopic (exact) mass is 463 g/mol. The zero-order chi connectivity index (χ0) is 22.2. The van der Waals surface area contributed by atoms with Gasteiger partial charge in [-0.2, -0.15) is 4.31 Å². The smallest absolute Gasteiger partial charge is 0.308 e. The maximum absolute atomic E-state index is 13.1. The first-order valence-corrected chi connectivity index (χ1v) is 12.3. The van der Waals surface area contributed by atoms with E-state index in [1.54, 1.807) is 21.6 Å². The van der Waals surface area contributed by atoms with E-state index in [1.165, 1.54) is 34.6 Å². The molecule has 0 N–H and O–H groups in total. The van der Waals surface area contributed by atoms with Crippen LogP contribution in [0.25, 0.3) is 10.2 Å². The minimum atomic E-state index is -3.75. The molecule has 1 saturated heterocycles. The molecule has 164 valence electrons. The van der Waals surface area contributed by atoms with Crippen molar-refractivity contribution >= 4 is 37.5 Å². The second kappa shape index (κ2) is 8.52. The standard InChI is InChI=1S/C21H22FN3O4S2/c1-2-9-25-18-8-7-17(14-19(18)30-21(25)27)31(28,29)24-12-10-23(11-13-24)20(26)15-3-5-16(22)6-4-15/h3-8,14H,2,9-13H2,1H3. The largest absolute Gasteiger partial charge is 0.336 e. The van der Waals surface area contributed by atoms with Gasteiger partial charge < -0.3 is 4.90 Å². The van der Waals surface area contributed by atoms with Crippen molar-refractivity contribution in [1.29, 1.82) is 0 Å². The summed E-state index contributed by atoms with van der Waals surface area (Å²) in [6.07, 6.45) is 0.812. The van der Waals surface area contributed by atoms with Crippen LogP contribution in [0.1, 0.15) is 23.7 Å². The maximum Gasteiger partial charge on any atom is 0.308 e. The van der Waals surface area contributed by atoms with E-state index in [0.717, 1.165) is 23.3 Å². The molecule has 0 spiro atoms. The summed E-state index contributed by atoms with van der Waals surface area (Å²) in [7, 11) is -3.75. The summed E-state index contributed by atoms with van der Waals surface area (Å²) in [6, 6.07) is 10.1. The number of carbonyl (C=O) groups is 1. The van der Waals surface area contributed by atoms with Gasteiger partial charge in [-0.25, -0.2) is 12.8 Å². The molecule has 1 amide bonds. The molecule has 2 aromatic carbocycles. The molecule has 3 aromatic rings. The second-order valence-electron chi connectivity index (χ2n) is 7.35. The quantitative estimate of drug-likeness (QED) is 0.583. The molecule has 1 aliphatic rings. The molecule has 0 bridgehead atoms. The molecule has 0 unspecified atom stereocenters. The van der Waals surface area contributed by atoms with Gasteiger partial charge in [0.2, 0.25) is 10.0 Å². The Hall–Kier alpha value is -2.56. The predicted molar refractivity (Wildman–Crippen MR) is 117 cm³/mol. The molecule has 7 nitrogen and oxygen atoms in total. The Kier molecular flexibility index (Phi) is 5.96. The third kappa shape index (κ3) is 4.15. The lowest BCUT2D eigenvalue weighted by Crippen LogP contribution is -2.50. The van der Waals surface area contributed by atoms with E-state index in [0.29, 0.717) is 16.8 Å². The van der Waals surface area contributed by atoms with Gasteiger partial charge in [-0.1, -0.05) is 18.3 Å². The van der Waals surface area contributed by atoms with Crippen molar-refractivity contribution in [2.24, 2.45) is 0 Å². The number of piperazine rings is 1. The van der Waals surface area contributed by atoms with Crippen molar-refractivity contribution in [2.45, 2.75) is 24.8 Å². The van der Waals surface area contributed by atoms with Gasteiger partial charge in [0.25, 0.3) is 5.91 Å². The molecule has 0 saturated carbocycles. The number of fused-ring (bicyclic) bond motifs is 1. The number of sulfonamides is 1. The first-order valence-electron chi connectivity index (χ1n) is 9.99. The molecule has 0 radical (unpaired) electrons. The van der Waals surface area contributed by atoms with Gasteiger partial charge in [-0.15, -0.1) is 0 Å². The predicted octanol–water partition coefficient (Wildman–Crippen LogP) is 2.76. The summed E-state index contributed by atoms with van der Waals surface area (Å²) < 4.78 is 43.0. The number of carbonyl (C=O) groups excluding carboxylic acids is 1. The van der Waals surface area contributed by atoms with Crippen LogP contribution in [-0.2, 0) is 16.6 Å². The highest BCUT2D eigenvalue weighted by Gasteiger charge is 2.31. The fourth-order valence-electron chi connectivity index (χ4n) is 3.70. The summed E-state index contributed by atoms with van der Waals surface area (Å²) >= 11 is 1.04. The molecule has 1 aromatic heterocycles. The number of hydrogen-bond donors (Lipinski definition) is 0. The lowest BCUT2D eigenvalue weighted by Gasteiger charge is -2.34. The molecule has 0 atom stereocenters. The van der Waals surface area contributed by atoms with Crippen LogP contribution in [0.2, 0.25) is 0 Å². The molecule has 1 fully saturated rings. The van der Waals surface area contributed by atoms with E-state index in [-0.39, 0.29) is 41.9 Å². The van der Waals surface area contributed by atoms with E-state index in [9.17, 15) is 22.4 Å². The molecule has 10 heteroatoms. The van der Waals surface area contributed by atoms with Crippen molar-refractivity contribution in [3.63, 3.8) is 0 Å². The Labute approximate surface area is 183 Å². The van der Waals surface area contributed by atoms with Crippen LogP contribution in [0.15, 0.2) is 52.2 Å². The number of thiazole rings is 1. The van der Waals surface area contributed by atoms with Gasteiger partial charge in [0.1, 0.15) is 5.82 Å². The van der Waals surface area contributed by atoms with Crippen molar-refractivity contribution in [3.8, 4) is 0 Å². The van der Waals surface area contributed by atoms with E-state index in [2.05, 4.69) is 0 Å². The van der Waals surface area contributed by atoms with Crippen LogP contribution < -0.4 is 4.87 Å². The number of nitrogens with zero attached hydrogens (tertiary/aromatic N) is 3. The number of amides is 1. The number of aromatic nitrogens is 1. The minimum Gasteiger partial charge on any atom is -0.336 e. The molecule has 31 heavy (non-hydrogen) atoms. The van der Waals surface area contributed by atoms with Gasteiger partial charge >= 0.3 is 4.87 Å². The van der Waals surface area contributed by atoms with Gasteiger partial charge in [0, 0.05) is 38.3 Å². The SMILES string of the molecule is CCCn1c(=O)sc2cc(S(=O)(=O)N3CCN(C(=O)c4ccc(F)cc4)CC3)ccc21. The van der Waals surface area contributed by atoms with Crippen molar-refractivity contribution in [1.82, 2.24) is 13.8 Å². The van der Waals surface area contributed by atoms with Crippen LogP contribution in [0, 0.1) is 5.82 Å². The van der Waals surface area contributed by atoms with Gasteiger partial charge in [0.15, 0.2) is 0 Å². The van der Waals surface area contributed by atoms with Crippen LogP contribution in [-0.4, -0.2) is 54.3 Å². The molecular weight excluding hydrogens is 441 g/mol. The summed E-state index contributed by atoms with van der Waals surface area (Å²) in [5.74, 6) is -0.667. The summed E-state index contributed by atoms with van der Waals surface area (Å²) in [4.78, 5) is 26.4. The maximum atomic E-state index is 13.1. The number of aryl methyl sites for hydroxylation is 1.